The number of pyridine rings is 1. The molecule has 35 heavy (non-hydrogen) atoms. The third kappa shape index (κ3) is 5.74. The van der Waals surface area contributed by atoms with Gasteiger partial charge in [0, 0.05) is 63.2 Å². The van der Waals surface area contributed by atoms with Crippen molar-refractivity contribution in [2.75, 3.05) is 33.9 Å². The number of nitrogens with zero attached hydrogens (tertiary/aromatic N) is 4. The molecule has 1 aromatic carbocycles. The molecule has 1 aliphatic rings. The lowest BCUT2D eigenvalue weighted by molar-refractivity contribution is 0.0593. The van der Waals surface area contributed by atoms with Gasteiger partial charge in [0.1, 0.15) is 17.1 Å². The maximum atomic E-state index is 13.0. The Hall–Kier alpha value is -3.59. The van der Waals surface area contributed by atoms with E-state index in [1.165, 1.54) is 13.2 Å². The number of hydrogen-bond donors (Lipinski definition) is 0. The highest BCUT2D eigenvalue weighted by atomic mass is 16.5. The molecule has 1 aliphatic heterocycles. The summed E-state index contributed by atoms with van der Waals surface area (Å²) in [5.41, 5.74) is 3.02. The molecule has 0 atom stereocenters. The molecule has 9 heteroatoms. The number of benzene rings is 1. The van der Waals surface area contributed by atoms with Gasteiger partial charge < -0.3 is 18.8 Å². The van der Waals surface area contributed by atoms with Gasteiger partial charge in [-0.2, -0.15) is 5.10 Å². The molecule has 186 valence electrons. The largest absolute Gasteiger partial charge is 0.496 e. The zero-order valence-corrected chi connectivity index (χ0v) is 20.5. The summed E-state index contributed by atoms with van der Waals surface area (Å²) in [5.74, 6) is 0.635. The van der Waals surface area contributed by atoms with E-state index in [2.05, 4.69) is 10.00 Å². The van der Waals surface area contributed by atoms with E-state index in [-0.39, 0.29) is 11.3 Å². The Bertz CT molecular complexity index is 1230. The number of carbonyl (C=O) groups excluding carboxylic acids is 1. The zero-order valence-electron chi connectivity index (χ0n) is 20.5. The predicted molar refractivity (Wildman–Crippen MR) is 131 cm³/mol. The Morgan fingerprint density at radius 3 is 2.69 bits per heavy atom. The third-order valence-electron chi connectivity index (χ3n) is 6.29. The molecule has 2 aromatic heterocycles. The maximum Gasteiger partial charge on any atom is 0.343 e. The molecular formula is C26H32N4O5. The van der Waals surface area contributed by atoms with Gasteiger partial charge in [-0.1, -0.05) is 18.2 Å². The van der Waals surface area contributed by atoms with Crippen LogP contribution in [0.15, 0.2) is 47.5 Å². The van der Waals surface area contributed by atoms with Gasteiger partial charge in [-0.3, -0.25) is 14.4 Å². The highest BCUT2D eigenvalue weighted by molar-refractivity contribution is 5.93. The van der Waals surface area contributed by atoms with Crippen molar-refractivity contribution >= 4 is 5.97 Å². The van der Waals surface area contributed by atoms with Gasteiger partial charge in [0.25, 0.3) is 5.56 Å². The molecule has 0 fully saturated rings. The summed E-state index contributed by atoms with van der Waals surface area (Å²) >= 11 is 0. The first-order valence-corrected chi connectivity index (χ1v) is 11.8. The number of ether oxygens (including phenoxy) is 3. The number of methoxy groups -OCH3 is 2. The number of esters is 1. The molecule has 0 amide bonds. The summed E-state index contributed by atoms with van der Waals surface area (Å²) in [7, 11) is 4.89. The summed E-state index contributed by atoms with van der Waals surface area (Å²) in [5, 5.41) is 4.17. The lowest BCUT2D eigenvalue weighted by Crippen LogP contribution is -2.29. The van der Waals surface area contributed by atoms with E-state index in [1.807, 2.05) is 43.7 Å². The number of rotatable bonds is 9. The van der Waals surface area contributed by atoms with E-state index < -0.39 is 5.97 Å². The van der Waals surface area contributed by atoms with Crippen molar-refractivity contribution in [1.29, 1.82) is 0 Å². The standard InChI is InChI=1S/C26H32N4O5/c1-28-17-19(16-27-28)7-6-14-35-23-15-24(31)30-13-12-29(11-10-21(30)25(23)26(32)34-3)18-20-8-4-5-9-22(20)33-2/h4-5,8-9,15-17H,6-7,10-14,18H2,1-3H3. The number of fused-ring (bicyclic) bond motifs is 1. The normalized spacial score (nSPS) is 13.7. The Morgan fingerprint density at radius 2 is 1.94 bits per heavy atom. The van der Waals surface area contributed by atoms with Crippen molar-refractivity contribution < 1.29 is 19.0 Å². The maximum absolute atomic E-state index is 13.0. The van der Waals surface area contributed by atoms with E-state index in [0.29, 0.717) is 50.5 Å². The summed E-state index contributed by atoms with van der Waals surface area (Å²) in [4.78, 5) is 28.1. The number of carbonyl (C=O) groups is 1. The Labute approximate surface area is 204 Å². The summed E-state index contributed by atoms with van der Waals surface area (Å²) < 4.78 is 20.0. The first-order chi connectivity index (χ1) is 17.0. The van der Waals surface area contributed by atoms with Crippen LogP contribution < -0.4 is 15.0 Å². The first kappa shape index (κ1) is 24.5. The van der Waals surface area contributed by atoms with E-state index in [0.717, 1.165) is 29.7 Å². The molecule has 0 N–H and O–H groups in total. The van der Waals surface area contributed by atoms with Gasteiger partial charge in [-0.15, -0.1) is 0 Å². The van der Waals surface area contributed by atoms with E-state index in [1.54, 1.807) is 16.4 Å². The predicted octanol–water partition coefficient (Wildman–Crippen LogP) is 2.45. The van der Waals surface area contributed by atoms with E-state index >= 15 is 0 Å². The second-order valence-corrected chi connectivity index (χ2v) is 8.62. The van der Waals surface area contributed by atoms with Crippen LogP contribution in [0.2, 0.25) is 0 Å². The fraction of sp³-hybridized carbons (Fsp3) is 0.423. The van der Waals surface area contributed by atoms with Gasteiger partial charge in [0.2, 0.25) is 0 Å². The molecule has 3 heterocycles. The van der Waals surface area contributed by atoms with Gasteiger partial charge in [-0.25, -0.2) is 4.79 Å². The summed E-state index contributed by atoms with van der Waals surface area (Å²) in [6.07, 6.45) is 5.85. The van der Waals surface area contributed by atoms with E-state index in [4.69, 9.17) is 14.2 Å². The monoisotopic (exact) mass is 480 g/mol. The van der Waals surface area contributed by atoms with Crippen molar-refractivity contribution in [2.24, 2.45) is 7.05 Å². The highest BCUT2D eigenvalue weighted by Crippen LogP contribution is 2.26. The minimum atomic E-state index is -0.491. The van der Waals surface area contributed by atoms with Crippen molar-refractivity contribution in [3.05, 3.63) is 75.5 Å². The second kappa shape index (κ2) is 11.2. The van der Waals surface area contributed by atoms with Gasteiger partial charge >= 0.3 is 5.97 Å². The van der Waals surface area contributed by atoms with Crippen LogP contribution in [0.3, 0.4) is 0 Å². The molecule has 0 saturated carbocycles. The fourth-order valence-electron chi connectivity index (χ4n) is 4.52. The van der Waals surface area contributed by atoms with E-state index in [9.17, 15) is 9.59 Å². The Morgan fingerprint density at radius 1 is 1.11 bits per heavy atom. The molecular weight excluding hydrogens is 448 g/mol. The van der Waals surface area contributed by atoms with Crippen LogP contribution in [0.4, 0.5) is 0 Å². The van der Waals surface area contributed by atoms with Crippen LogP contribution in [0.5, 0.6) is 11.5 Å². The SMILES string of the molecule is COC(=O)c1c(OCCCc2cnn(C)c2)cc(=O)n2c1CCN(Cc1ccccc1OC)CC2. The molecule has 0 unspecified atom stereocenters. The number of aryl methyl sites for hydroxylation is 2. The minimum absolute atomic E-state index is 0.172. The van der Waals surface area contributed by atoms with Crippen molar-refractivity contribution in [3.8, 4) is 11.5 Å². The molecule has 0 radical (unpaired) electrons. The van der Waals surface area contributed by atoms with Crippen molar-refractivity contribution in [3.63, 3.8) is 0 Å². The quantitative estimate of drug-likeness (QED) is 0.343. The fourth-order valence-corrected chi connectivity index (χ4v) is 4.52. The average Bonchev–Trinajstić information content (AvgIpc) is 3.16. The first-order valence-electron chi connectivity index (χ1n) is 11.8. The smallest absolute Gasteiger partial charge is 0.343 e. The molecule has 0 bridgehead atoms. The van der Waals surface area contributed by atoms with Crippen LogP contribution in [-0.2, 0) is 37.7 Å². The number of aromatic nitrogens is 3. The Kier molecular flexibility index (Phi) is 7.87. The molecule has 4 rings (SSSR count). The van der Waals surface area contributed by atoms with Gasteiger partial charge in [0.05, 0.1) is 27.0 Å². The van der Waals surface area contributed by atoms with Crippen LogP contribution in [0.25, 0.3) is 0 Å². The lowest BCUT2D eigenvalue weighted by Gasteiger charge is -2.20. The van der Waals surface area contributed by atoms with Gasteiger partial charge in [-0.05, 0) is 24.5 Å². The average molecular weight is 481 g/mol. The number of para-hydroxylation sites is 1. The zero-order chi connectivity index (χ0) is 24.8. The van der Waals surface area contributed by atoms with Crippen LogP contribution >= 0.6 is 0 Å². The summed E-state index contributed by atoms with van der Waals surface area (Å²) in [6, 6.07) is 9.33. The molecule has 0 spiro atoms. The minimum Gasteiger partial charge on any atom is -0.496 e. The van der Waals surface area contributed by atoms with Crippen LogP contribution in [-0.4, -0.2) is 59.1 Å². The van der Waals surface area contributed by atoms with Crippen molar-refractivity contribution in [2.45, 2.75) is 32.4 Å². The lowest BCUT2D eigenvalue weighted by atomic mass is 10.1. The topological polar surface area (TPSA) is 87.8 Å². The van der Waals surface area contributed by atoms with Crippen LogP contribution in [0.1, 0.15) is 33.6 Å². The van der Waals surface area contributed by atoms with Gasteiger partial charge in [0.15, 0.2) is 0 Å². The molecule has 9 nitrogen and oxygen atoms in total. The number of hydrogen-bond acceptors (Lipinski definition) is 7. The summed E-state index contributed by atoms with van der Waals surface area (Å²) in [6.45, 7) is 2.91. The molecule has 0 saturated heterocycles. The Balaban J connectivity index is 1.51. The molecule has 0 aliphatic carbocycles. The van der Waals surface area contributed by atoms with Crippen LogP contribution in [0, 0.1) is 0 Å². The molecule has 3 aromatic rings. The second-order valence-electron chi connectivity index (χ2n) is 8.62. The highest BCUT2D eigenvalue weighted by Gasteiger charge is 2.26. The third-order valence-corrected chi connectivity index (χ3v) is 6.29. The van der Waals surface area contributed by atoms with Crippen molar-refractivity contribution in [1.82, 2.24) is 19.2 Å².